The number of nitrogens with zero attached hydrogens (tertiary/aromatic N) is 2. The predicted octanol–water partition coefficient (Wildman–Crippen LogP) is 3.78. The van der Waals surface area contributed by atoms with E-state index in [0.29, 0.717) is 21.7 Å². The highest BCUT2D eigenvalue weighted by Crippen LogP contribution is 2.22. The van der Waals surface area contributed by atoms with Gasteiger partial charge in [0.1, 0.15) is 0 Å². The molecule has 0 saturated carbocycles. The Hall–Kier alpha value is -3.53. The van der Waals surface area contributed by atoms with Crippen LogP contribution in [-0.4, -0.2) is 44.5 Å². The fourth-order valence-electron chi connectivity index (χ4n) is 3.10. The molecule has 0 atom stereocenters. The monoisotopic (exact) mass is 513 g/mol. The Labute approximate surface area is 209 Å². The van der Waals surface area contributed by atoms with Crippen LogP contribution >= 0.6 is 11.6 Å². The molecule has 3 rings (SSSR count). The minimum atomic E-state index is -4.00. The summed E-state index contributed by atoms with van der Waals surface area (Å²) in [5, 5.41) is 4.29. The topological polar surface area (TPSA) is 105 Å². The molecule has 0 bridgehead atoms. The Morgan fingerprint density at radius 2 is 1.69 bits per heavy atom. The van der Waals surface area contributed by atoms with Gasteiger partial charge in [-0.15, -0.1) is 0 Å². The Morgan fingerprint density at radius 1 is 1.03 bits per heavy atom. The molecule has 3 aromatic carbocycles. The van der Waals surface area contributed by atoms with E-state index in [1.54, 1.807) is 60.7 Å². The van der Waals surface area contributed by atoms with E-state index in [4.69, 9.17) is 11.6 Å². The van der Waals surface area contributed by atoms with Crippen molar-refractivity contribution in [3.8, 4) is 0 Å². The number of carbonyl (C=O) groups excluding carboxylic acids is 2. The summed E-state index contributed by atoms with van der Waals surface area (Å²) in [6.07, 6.45) is 1.38. The summed E-state index contributed by atoms with van der Waals surface area (Å²) in [5.41, 5.74) is 4.82. The van der Waals surface area contributed by atoms with Crippen molar-refractivity contribution in [3.05, 3.63) is 100 Å². The fraction of sp³-hybridized carbons (Fsp3) is 0.160. The zero-order chi connectivity index (χ0) is 25.4. The third-order valence-corrected chi connectivity index (χ3v) is 7.19. The molecule has 3 aromatic rings. The van der Waals surface area contributed by atoms with Crippen molar-refractivity contribution >= 4 is 39.7 Å². The number of nitrogens with one attached hydrogen (secondary N) is 1. The second kappa shape index (κ2) is 11.7. The van der Waals surface area contributed by atoms with E-state index in [2.05, 4.69) is 15.3 Å². The number of rotatable bonds is 9. The summed E-state index contributed by atoms with van der Waals surface area (Å²) in [5.74, 6) is -1.09. The van der Waals surface area contributed by atoms with Gasteiger partial charge < -0.3 is 4.74 Å². The molecule has 10 heteroatoms. The lowest BCUT2D eigenvalue weighted by molar-refractivity contribution is -0.121. The number of ether oxygens (including phenoxy) is 1. The summed E-state index contributed by atoms with van der Waals surface area (Å²) in [7, 11) is -2.71. The van der Waals surface area contributed by atoms with Crippen LogP contribution in [0.4, 0.5) is 0 Å². The Kier molecular flexibility index (Phi) is 8.75. The van der Waals surface area contributed by atoms with Crippen LogP contribution in [0.1, 0.15) is 27.0 Å². The zero-order valence-corrected chi connectivity index (χ0v) is 20.7. The molecule has 35 heavy (non-hydrogen) atoms. The second-order valence-electron chi connectivity index (χ2n) is 7.58. The summed E-state index contributed by atoms with van der Waals surface area (Å²) in [6, 6.07) is 19.6. The molecular formula is C25H24ClN3O5S. The number of hydrogen-bond acceptors (Lipinski definition) is 6. The number of carbonyl (C=O) groups is 2. The van der Waals surface area contributed by atoms with Crippen molar-refractivity contribution in [1.29, 1.82) is 0 Å². The number of hydrogen-bond donors (Lipinski definition) is 1. The Bertz CT molecular complexity index is 1320. The Morgan fingerprint density at radius 3 is 2.31 bits per heavy atom. The molecule has 0 aromatic heterocycles. The minimum Gasteiger partial charge on any atom is -0.465 e. The van der Waals surface area contributed by atoms with Crippen molar-refractivity contribution in [3.63, 3.8) is 0 Å². The molecular weight excluding hydrogens is 490 g/mol. The quantitative estimate of drug-likeness (QED) is 0.266. The fourth-order valence-corrected chi connectivity index (χ4v) is 4.67. The van der Waals surface area contributed by atoms with Gasteiger partial charge in [0.05, 0.1) is 30.3 Å². The van der Waals surface area contributed by atoms with Gasteiger partial charge in [-0.05, 0) is 48.4 Å². The smallest absolute Gasteiger partial charge is 0.337 e. The predicted molar refractivity (Wildman–Crippen MR) is 134 cm³/mol. The van der Waals surface area contributed by atoms with E-state index in [1.165, 1.54) is 25.5 Å². The minimum absolute atomic E-state index is 0.0668. The first-order chi connectivity index (χ1) is 16.7. The van der Waals surface area contributed by atoms with Gasteiger partial charge >= 0.3 is 5.97 Å². The standard InChI is InChI=1S/C25H24ClN3O5S/c1-18-7-13-22(14-8-18)35(32,33)29(16-21-5-3-4-6-23(21)26)17-24(30)28-27-15-19-9-11-20(12-10-19)25(31)34-2/h3-15H,16-17H2,1-2H3,(H,28,30)/b27-15-. The third-order valence-electron chi connectivity index (χ3n) is 5.02. The van der Waals surface area contributed by atoms with Crippen molar-refractivity contribution in [2.24, 2.45) is 5.10 Å². The maximum Gasteiger partial charge on any atom is 0.337 e. The Balaban J connectivity index is 1.76. The third kappa shape index (κ3) is 6.98. The largest absolute Gasteiger partial charge is 0.465 e. The van der Waals surface area contributed by atoms with E-state index < -0.39 is 28.4 Å². The molecule has 1 N–H and O–H groups in total. The van der Waals surface area contributed by atoms with Crippen LogP contribution in [0, 0.1) is 6.92 Å². The SMILES string of the molecule is COC(=O)c1ccc(/C=N\NC(=O)CN(Cc2ccccc2Cl)S(=O)(=O)c2ccc(C)cc2)cc1. The van der Waals surface area contributed by atoms with Crippen molar-refractivity contribution in [1.82, 2.24) is 9.73 Å². The molecule has 0 saturated heterocycles. The highest BCUT2D eigenvalue weighted by molar-refractivity contribution is 7.89. The first-order valence-corrected chi connectivity index (χ1v) is 12.3. The molecule has 0 spiro atoms. The van der Waals surface area contributed by atoms with Gasteiger partial charge in [-0.3, -0.25) is 4.79 Å². The van der Waals surface area contributed by atoms with E-state index in [-0.39, 0.29) is 11.4 Å². The van der Waals surface area contributed by atoms with Crippen molar-refractivity contribution in [2.45, 2.75) is 18.4 Å². The van der Waals surface area contributed by atoms with Gasteiger partial charge in [-0.1, -0.05) is 59.6 Å². The van der Waals surface area contributed by atoms with Gasteiger partial charge in [-0.2, -0.15) is 9.41 Å². The summed E-state index contributed by atoms with van der Waals surface area (Å²) in [4.78, 5) is 24.2. The van der Waals surface area contributed by atoms with Crippen LogP contribution in [0.3, 0.4) is 0 Å². The first-order valence-electron chi connectivity index (χ1n) is 10.5. The lowest BCUT2D eigenvalue weighted by atomic mass is 10.1. The molecule has 0 radical (unpaired) electrons. The molecule has 0 aliphatic rings. The van der Waals surface area contributed by atoms with E-state index in [1.807, 2.05) is 6.92 Å². The van der Waals surface area contributed by atoms with Crippen LogP contribution < -0.4 is 5.43 Å². The number of sulfonamides is 1. The van der Waals surface area contributed by atoms with Crippen LogP contribution in [-0.2, 0) is 26.1 Å². The van der Waals surface area contributed by atoms with Crippen LogP contribution in [0.5, 0.6) is 0 Å². The van der Waals surface area contributed by atoms with E-state index in [0.717, 1.165) is 9.87 Å². The highest BCUT2D eigenvalue weighted by atomic mass is 35.5. The normalized spacial score (nSPS) is 11.5. The number of amides is 1. The lowest BCUT2D eigenvalue weighted by Crippen LogP contribution is -2.39. The first kappa shape index (κ1) is 26.1. The number of methoxy groups -OCH3 is 1. The summed E-state index contributed by atoms with van der Waals surface area (Å²) < 4.78 is 32.4. The average Bonchev–Trinajstić information content (AvgIpc) is 2.85. The molecule has 1 amide bonds. The van der Waals surface area contributed by atoms with Crippen LogP contribution in [0.25, 0.3) is 0 Å². The van der Waals surface area contributed by atoms with Crippen molar-refractivity contribution < 1.29 is 22.7 Å². The van der Waals surface area contributed by atoms with Crippen LogP contribution in [0.2, 0.25) is 5.02 Å². The number of hydrazone groups is 1. The van der Waals surface area contributed by atoms with Crippen LogP contribution in [0.15, 0.2) is 82.8 Å². The highest BCUT2D eigenvalue weighted by Gasteiger charge is 2.27. The maximum atomic E-state index is 13.3. The molecule has 0 aliphatic heterocycles. The molecule has 0 heterocycles. The summed E-state index contributed by atoms with van der Waals surface area (Å²) in [6.45, 7) is 1.29. The van der Waals surface area contributed by atoms with Gasteiger partial charge in [0.25, 0.3) is 5.91 Å². The van der Waals surface area contributed by atoms with Gasteiger partial charge in [0.2, 0.25) is 10.0 Å². The van der Waals surface area contributed by atoms with Gasteiger partial charge in [-0.25, -0.2) is 18.6 Å². The van der Waals surface area contributed by atoms with Crippen molar-refractivity contribution in [2.75, 3.05) is 13.7 Å². The van der Waals surface area contributed by atoms with E-state index in [9.17, 15) is 18.0 Å². The molecule has 8 nitrogen and oxygen atoms in total. The van der Waals surface area contributed by atoms with E-state index >= 15 is 0 Å². The second-order valence-corrected chi connectivity index (χ2v) is 9.93. The number of halogens is 1. The molecule has 0 unspecified atom stereocenters. The number of esters is 1. The zero-order valence-electron chi connectivity index (χ0n) is 19.1. The maximum absolute atomic E-state index is 13.3. The average molecular weight is 514 g/mol. The summed E-state index contributed by atoms with van der Waals surface area (Å²) >= 11 is 6.24. The molecule has 182 valence electrons. The molecule has 0 aliphatic carbocycles. The van der Waals surface area contributed by atoms with Gasteiger partial charge in [0.15, 0.2) is 0 Å². The number of aryl methyl sites for hydroxylation is 1. The van der Waals surface area contributed by atoms with Gasteiger partial charge in [0, 0.05) is 11.6 Å². The number of benzene rings is 3. The molecule has 0 fully saturated rings. The lowest BCUT2D eigenvalue weighted by Gasteiger charge is -2.22.